The largest absolute Gasteiger partial charge is 0.497 e. The van der Waals surface area contributed by atoms with Crippen LogP contribution in [0.15, 0.2) is 42.5 Å². The Labute approximate surface area is 183 Å². The van der Waals surface area contributed by atoms with Crippen molar-refractivity contribution < 1.29 is 23.8 Å². The molecule has 0 aromatic heterocycles. The molecule has 0 radical (unpaired) electrons. The van der Waals surface area contributed by atoms with E-state index in [4.69, 9.17) is 14.2 Å². The molecule has 31 heavy (non-hydrogen) atoms. The highest BCUT2D eigenvalue weighted by Crippen LogP contribution is 2.36. The van der Waals surface area contributed by atoms with E-state index < -0.39 is 6.10 Å². The second-order valence-corrected chi connectivity index (χ2v) is 7.46. The smallest absolute Gasteiger partial charge is 0.267 e. The number of nitrogens with zero attached hydrogens (tertiary/aromatic N) is 1. The van der Waals surface area contributed by atoms with Crippen molar-refractivity contribution >= 4 is 23.2 Å². The van der Waals surface area contributed by atoms with Crippen molar-refractivity contribution in [3.05, 3.63) is 42.5 Å². The minimum atomic E-state index is -0.504. The number of carbonyl (C=O) groups is 2. The summed E-state index contributed by atoms with van der Waals surface area (Å²) < 4.78 is 16.5. The minimum Gasteiger partial charge on any atom is -0.497 e. The Hall–Kier alpha value is -3.22. The summed E-state index contributed by atoms with van der Waals surface area (Å²) in [5, 5.41) is 2.90. The molecule has 0 saturated heterocycles. The summed E-state index contributed by atoms with van der Waals surface area (Å²) in [5.74, 6) is 2.01. The Bertz CT molecular complexity index is 897. The maximum Gasteiger partial charge on any atom is 0.267 e. The lowest BCUT2D eigenvalue weighted by atomic mass is 10.1. The molecule has 7 nitrogen and oxygen atoms in total. The fraction of sp³-hybridized carbons (Fsp3) is 0.417. The van der Waals surface area contributed by atoms with E-state index in [2.05, 4.69) is 12.2 Å². The molecule has 1 aliphatic rings. The number of methoxy groups -OCH3 is 1. The molecule has 0 saturated carbocycles. The van der Waals surface area contributed by atoms with E-state index in [9.17, 15) is 9.59 Å². The molecule has 3 rings (SSSR count). The van der Waals surface area contributed by atoms with Gasteiger partial charge in [-0.1, -0.05) is 13.3 Å². The summed E-state index contributed by atoms with van der Waals surface area (Å²) in [4.78, 5) is 26.7. The number of ether oxygens (including phenoxy) is 3. The number of carbonyl (C=O) groups excluding carboxylic acids is 2. The lowest BCUT2D eigenvalue weighted by Gasteiger charge is -2.33. The van der Waals surface area contributed by atoms with Crippen molar-refractivity contribution in [3.63, 3.8) is 0 Å². The first kappa shape index (κ1) is 22.5. The Kier molecular flexibility index (Phi) is 7.76. The quantitative estimate of drug-likeness (QED) is 0.570. The molecule has 7 heteroatoms. The van der Waals surface area contributed by atoms with Crippen molar-refractivity contribution in [3.8, 4) is 17.2 Å². The van der Waals surface area contributed by atoms with E-state index in [1.165, 1.54) is 0 Å². The fourth-order valence-corrected chi connectivity index (χ4v) is 3.35. The zero-order chi connectivity index (χ0) is 22.2. The third-order valence-corrected chi connectivity index (χ3v) is 5.06. The van der Waals surface area contributed by atoms with Crippen molar-refractivity contribution in [1.82, 2.24) is 0 Å². The van der Waals surface area contributed by atoms with Crippen LogP contribution >= 0.6 is 0 Å². The van der Waals surface area contributed by atoms with Gasteiger partial charge in [-0.25, -0.2) is 0 Å². The second kappa shape index (κ2) is 10.7. The fourth-order valence-electron chi connectivity index (χ4n) is 3.35. The highest BCUT2D eigenvalue weighted by molar-refractivity contribution is 6.01. The zero-order valence-corrected chi connectivity index (χ0v) is 18.3. The average molecular weight is 427 g/mol. The molecule has 1 aliphatic heterocycles. The number of benzene rings is 2. The van der Waals surface area contributed by atoms with Gasteiger partial charge < -0.3 is 24.4 Å². The van der Waals surface area contributed by atoms with Crippen LogP contribution in [0.5, 0.6) is 17.2 Å². The number of anilines is 2. The van der Waals surface area contributed by atoms with Crippen molar-refractivity contribution in [2.45, 2.75) is 45.6 Å². The Morgan fingerprint density at radius 2 is 1.87 bits per heavy atom. The molecule has 2 amide bonds. The van der Waals surface area contributed by atoms with Gasteiger partial charge in [0.05, 0.1) is 19.4 Å². The number of unbranched alkanes of at least 4 members (excludes halogenated alkanes) is 1. The summed E-state index contributed by atoms with van der Waals surface area (Å²) in [6.45, 7) is 4.92. The van der Waals surface area contributed by atoms with Gasteiger partial charge in [0.1, 0.15) is 17.2 Å². The van der Waals surface area contributed by atoms with E-state index in [-0.39, 0.29) is 11.8 Å². The van der Waals surface area contributed by atoms with Gasteiger partial charge in [-0.3, -0.25) is 9.59 Å². The van der Waals surface area contributed by atoms with Gasteiger partial charge in [-0.05, 0) is 62.2 Å². The van der Waals surface area contributed by atoms with Crippen LogP contribution in [0.1, 0.15) is 39.5 Å². The predicted octanol–water partition coefficient (Wildman–Crippen LogP) is 4.41. The van der Waals surface area contributed by atoms with Gasteiger partial charge in [-0.15, -0.1) is 0 Å². The summed E-state index contributed by atoms with van der Waals surface area (Å²) in [6.07, 6.45) is 2.31. The molecule has 0 spiro atoms. The van der Waals surface area contributed by atoms with Crippen LogP contribution in [-0.4, -0.2) is 38.2 Å². The molecule has 1 heterocycles. The normalized spacial score (nSPS) is 15.1. The van der Waals surface area contributed by atoms with Crippen molar-refractivity contribution in [2.75, 3.05) is 30.5 Å². The third kappa shape index (κ3) is 5.90. The van der Waals surface area contributed by atoms with Crippen LogP contribution in [-0.2, 0) is 9.59 Å². The molecule has 0 aliphatic carbocycles. The van der Waals surface area contributed by atoms with Gasteiger partial charge >= 0.3 is 0 Å². The maximum atomic E-state index is 12.5. The SMILES string of the molecule is CCCCN1C(=O)C(C)Oc2ccc(NC(=O)CCCOc3ccc(OC)cc3)cc21. The van der Waals surface area contributed by atoms with Gasteiger partial charge in [0, 0.05) is 18.7 Å². The van der Waals surface area contributed by atoms with E-state index in [1.807, 2.05) is 24.3 Å². The van der Waals surface area contributed by atoms with Crippen molar-refractivity contribution in [2.24, 2.45) is 0 Å². The molecule has 2 aromatic carbocycles. The van der Waals surface area contributed by atoms with Crippen LogP contribution in [0.2, 0.25) is 0 Å². The Morgan fingerprint density at radius 1 is 1.13 bits per heavy atom. The van der Waals surface area contributed by atoms with Crippen LogP contribution in [0.25, 0.3) is 0 Å². The molecule has 166 valence electrons. The van der Waals surface area contributed by atoms with Crippen LogP contribution < -0.4 is 24.4 Å². The van der Waals surface area contributed by atoms with E-state index >= 15 is 0 Å². The van der Waals surface area contributed by atoms with Gasteiger partial charge in [0.15, 0.2) is 6.10 Å². The number of hydrogen-bond donors (Lipinski definition) is 1. The molecule has 1 unspecified atom stereocenters. The molecule has 2 aromatic rings. The molecular formula is C24H30N2O5. The lowest BCUT2D eigenvalue weighted by Crippen LogP contribution is -2.44. The summed E-state index contributed by atoms with van der Waals surface area (Å²) in [5.41, 5.74) is 1.35. The van der Waals surface area contributed by atoms with E-state index in [1.54, 1.807) is 37.1 Å². The van der Waals surface area contributed by atoms with Crippen LogP contribution in [0.3, 0.4) is 0 Å². The molecule has 0 fully saturated rings. The molecule has 1 atom stereocenters. The number of fused-ring (bicyclic) bond motifs is 1. The summed E-state index contributed by atoms with van der Waals surface area (Å²) in [6, 6.07) is 12.7. The maximum absolute atomic E-state index is 12.5. The topological polar surface area (TPSA) is 77.1 Å². The number of hydrogen-bond acceptors (Lipinski definition) is 5. The van der Waals surface area contributed by atoms with Gasteiger partial charge in [0.25, 0.3) is 5.91 Å². The number of amides is 2. The number of nitrogens with one attached hydrogen (secondary N) is 1. The lowest BCUT2D eigenvalue weighted by molar-refractivity contribution is -0.125. The highest BCUT2D eigenvalue weighted by Gasteiger charge is 2.31. The minimum absolute atomic E-state index is 0.0555. The summed E-state index contributed by atoms with van der Waals surface area (Å²) in [7, 11) is 1.62. The summed E-state index contributed by atoms with van der Waals surface area (Å²) >= 11 is 0. The monoisotopic (exact) mass is 426 g/mol. The van der Waals surface area contributed by atoms with Crippen LogP contribution in [0, 0.1) is 0 Å². The van der Waals surface area contributed by atoms with Crippen molar-refractivity contribution in [1.29, 1.82) is 0 Å². The first-order chi connectivity index (χ1) is 15.0. The molecule has 1 N–H and O–H groups in total. The Balaban J connectivity index is 1.53. The second-order valence-electron chi connectivity index (χ2n) is 7.46. The van der Waals surface area contributed by atoms with Gasteiger partial charge in [-0.2, -0.15) is 0 Å². The first-order valence-corrected chi connectivity index (χ1v) is 10.7. The van der Waals surface area contributed by atoms with E-state index in [0.29, 0.717) is 43.1 Å². The first-order valence-electron chi connectivity index (χ1n) is 10.7. The third-order valence-electron chi connectivity index (χ3n) is 5.06. The average Bonchev–Trinajstić information content (AvgIpc) is 2.78. The number of rotatable bonds is 10. The standard InChI is InChI=1S/C24H30N2O5/c1-4-5-14-26-21-16-18(8-13-22(21)31-17(2)24(26)28)25-23(27)7-6-15-30-20-11-9-19(29-3)10-12-20/h8-13,16-17H,4-7,14-15H2,1-3H3,(H,25,27). The molecule has 0 bridgehead atoms. The Morgan fingerprint density at radius 3 is 2.58 bits per heavy atom. The zero-order valence-electron chi connectivity index (χ0n) is 18.3. The van der Waals surface area contributed by atoms with E-state index in [0.717, 1.165) is 24.3 Å². The highest BCUT2D eigenvalue weighted by atomic mass is 16.5. The molecular weight excluding hydrogens is 396 g/mol. The van der Waals surface area contributed by atoms with Crippen LogP contribution in [0.4, 0.5) is 11.4 Å². The predicted molar refractivity (Wildman–Crippen MR) is 120 cm³/mol. The van der Waals surface area contributed by atoms with Gasteiger partial charge in [0.2, 0.25) is 5.91 Å².